The number of anilines is 1. The zero-order valence-electron chi connectivity index (χ0n) is 21.6. The first-order valence-electron chi connectivity index (χ1n) is 12.7. The summed E-state index contributed by atoms with van der Waals surface area (Å²) in [5.74, 6) is 0.563. The van der Waals surface area contributed by atoms with Crippen LogP contribution >= 0.6 is 0 Å². The second-order valence-electron chi connectivity index (χ2n) is 9.99. The van der Waals surface area contributed by atoms with Gasteiger partial charge >= 0.3 is 0 Å². The third-order valence-corrected chi connectivity index (χ3v) is 6.98. The van der Waals surface area contributed by atoms with Crippen molar-refractivity contribution in [2.24, 2.45) is 0 Å². The lowest BCUT2D eigenvalue weighted by Crippen LogP contribution is -2.40. The van der Waals surface area contributed by atoms with Gasteiger partial charge in [-0.25, -0.2) is 9.50 Å². The maximum absolute atomic E-state index is 12.5. The van der Waals surface area contributed by atoms with E-state index < -0.39 is 0 Å². The number of carbonyl (C=O) groups excluding carboxylic acids is 1. The fourth-order valence-corrected chi connectivity index (χ4v) is 5.10. The third kappa shape index (κ3) is 4.52. The third-order valence-electron chi connectivity index (χ3n) is 6.98. The Labute approximate surface area is 220 Å². The van der Waals surface area contributed by atoms with E-state index in [0.717, 1.165) is 45.2 Å². The molecule has 5 aromatic rings. The Bertz CT molecular complexity index is 1660. The van der Waals surface area contributed by atoms with Gasteiger partial charge in [-0.1, -0.05) is 48.5 Å². The van der Waals surface area contributed by atoms with Gasteiger partial charge in [0.15, 0.2) is 5.82 Å². The Balaban J connectivity index is 1.35. The molecule has 1 aliphatic heterocycles. The molecule has 0 saturated carbocycles. The summed E-state index contributed by atoms with van der Waals surface area (Å²) in [7, 11) is 3.82. The Morgan fingerprint density at radius 3 is 2.71 bits per heavy atom. The summed E-state index contributed by atoms with van der Waals surface area (Å²) in [6.07, 6.45) is 6.43. The number of hydrogen-bond acceptors (Lipinski definition) is 6. The van der Waals surface area contributed by atoms with Crippen LogP contribution < -0.4 is 5.73 Å². The highest BCUT2D eigenvalue weighted by molar-refractivity contribution is 5.94. The number of carbonyl (C=O) groups is 1. The van der Waals surface area contributed by atoms with E-state index >= 15 is 0 Å². The number of nitrogens with zero attached hydrogens (tertiary/aromatic N) is 7. The molecule has 9 nitrogen and oxygen atoms in total. The second kappa shape index (κ2) is 9.75. The highest BCUT2D eigenvalue weighted by Gasteiger charge is 2.23. The Morgan fingerprint density at radius 1 is 1.11 bits per heavy atom. The van der Waals surface area contributed by atoms with Gasteiger partial charge in [-0.3, -0.25) is 9.48 Å². The van der Waals surface area contributed by atoms with Crippen LogP contribution in [0, 0.1) is 0 Å². The predicted molar refractivity (Wildman–Crippen MR) is 149 cm³/mol. The van der Waals surface area contributed by atoms with Gasteiger partial charge in [0, 0.05) is 30.2 Å². The van der Waals surface area contributed by atoms with Crippen LogP contribution in [-0.4, -0.2) is 73.8 Å². The van der Waals surface area contributed by atoms with Gasteiger partial charge in [0.1, 0.15) is 11.8 Å². The number of benzene rings is 2. The summed E-state index contributed by atoms with van der Waals surface area (Å²) in [5.41, 5.74) is 13.4. The largest absolute Gasteiger partial charge is 0.382 e. The van der Waals surface area contributed by atoms with E-state index in [-0.39, 0.29) is 5.91 Å². The van der Waals surface area contributed by atoms with E-state index in [1.54, 1.807) is 0 Å². The smallest absolute Gasteiger partial charge is 0.237 e. The molecule has 2 N–H and O–H groups in total. The topological polar surface area (TPSA) is 97.6 Å². The standard InChI is InChI=1S/C29H30N8O/c1-34(2)18-27(38)35-12-10-21(11-13-35)26-15-24(28-29(30)31-19-32-37(26)28)22-8-9-23-17-36(33-25(23)14-22)16-20-6-4-3-5-7-20/h3-10,14-15,17,19H,11-13,16,18H2,1-2H3,(H2,30,31,32). The number of amides is 1. The number of nitrogen functional groups attached to an aromatic ring is 1. The summed E-state index contributed by atoms with van der Waals surface area (Å²) in [6, 6.07) is 18.7. The van der Waals surface area contributed by atoms with Gasteiger partial charge in [0.2, 0.25) is 5.91 Å². The number of nitrogens with two attached hydrogens (primary N) is 1. The molecule has 192 valence electrons. The van der Waals surface area contributed by atoms with Crippen molar-refractivity contribution in [1.29, 1.82) is 0 Å². The summed E-state index contributed by atoms with van der Waals surface area (Å²) >= 11 is 0. The maximum atomic E-state index is 12.5. The zero-order valence-corrected chi connectivity index (χ0v) is 21.6. The minimum atomic E-state index is 0.137. The molecule has 0 aliphatic carbocycles. The first-order chi connectivity index (χ1) is 18.5. The van der Waals surface area contributed by atoms with E-state index in [9.17, 15) is 4.79 Å². The minimum absolute atomic E-state index is 0.137. The van der Waals surface area contributed by atoms with Gasteiger partial charge in [-0.15, -0.1) is 0 Å². The van der Waals surface area contributed by atoms with Crippen LogP contribution in [0.2, 0.25) is 0 Å². The van der Waals surface area contributed by atoms with Crippen LogP contribution in [0.25, 0.3) is 33.1 Å². The quantitative estimate of drug-likeness (QED) is 0.378. The van der Waals surface area contributed by atoms with Crippen molar-refractivity contribution in [3.05, 3.63) is 84.5 Å². The van der Waals surface area contributed by atoms with Crippen molar-refractivity contribution in [1.82, 2.24) is 34.2 Å². The van der Waals surface area contributed by atoms with Gasteiger partial charge < -0.3 is 15.5 Å². The molecule has 9 heteroatoms. The van der Waals surface area contributed by atoms with Crippen LogP contribution in [0.4, 0.5) is 5.82 Å². The van der Waals surface area contributed by atoms with Crippen LogP contribution in [0.5, 0.6) is 0 Å². The van der Waals surface area contributed by atoms with E-state index in [4.69, 9.17) is 10.8 Å². The van der Waals surface area contributed by atoms with E-state index in [1.165, 1.54) is 11.9 Å². The Morgan fingerprint density at radius 2 is 1.95 bits per heavy atom. The molecule has 0 unspecified atom stereocenters. The van der Waals surface area contributed by atoms with Crippen LogP contribution in [0.15, 0.2) is 73.2 Å². The summed E-state index contributed by atoms with van der Waals surface area (Å²) < 4.78 is 3.85. The monoisotopic (exact) mass is 506 g/mol. The SMILES string of the molecule is CN(C)CC(=O)N1CC=C(c2cc(-c3ccc4cn(Cc5ccccc5)nc4c3)c3c(N)ncnn23)CC1. The highest BCUT2D eigenvalue weighted by Crippen LogP contribution is 2.35. The summed E-state index contributed by atoms with van der Waals surface area (Å²) in [6.45, 7) is 2.38. The lowest BCUT2D eigenvalue weighted by atomic mass is 10.0. The molecule has 0 radical (unpaired) electrons. The Hall–Kier alpha value is -4.50. The van der Waals surface area contributed by atoms with E-state index in [1.807, 2.05) is 51.3 Å². The van der Waals surface area contributed by atoms with Crippen LogP contribution in [0.3, 0.4) is 0 Å². The predicted octanol–water partition coefficient (Wildman–Crippen LogP) is 3.55. The van der Waals surface area contributed by atoms with Gasteiger partial charge in [0.05, 0.1) is 24.3 Å². The number of hydrogen-bond donors (Lipinski definition) is 1. The molecule has 38 heavy (non-hydrogen) atoms. The molecule has 2 aromatic carbocycles. The van der Waals surface area contributed by atoms with Crippen molar-refractivity contribution in [3.8, 4) is 11.1 Å². The molecule has 1 aliphatic rings. The fourth-order valence-electron chi connectivity index (χ4n) is 5.10. The second-order valence-corrected chi connectivity index (χ2v) is 9.99. The molecule has 3 aromatic heterocycles. The number of aromatic nitrogens is 5. The molecule has 0 atom stereocenters. The Kier molecular flexibility index (Phi) is 6.13. The molecular formula is C29H30N8O. The number of likely N-dealkylation sites (N-methyl/N-ethyl adjacent to an activating group) is 1. The summed E-state index contributed by atoms with van der Waals surface area (Å²) in [5, 5.41) is 10.5. The lowest BCUT2D eigenvalue weighted by molar-refractivity contribution is -0.131. The average Bonchev–Trinajstić information content (AvgIpc) is 3.50. The first-order valence-corrected chi connectivity index (χ1v) is 12.7. The minimum Gasteiger partial charge on any atom is -0.382 e. The number of rotatable bonds is 6. The van der Waals surface area contributed by atoms with Crippen LogP contribution in [-0.2, 0) is 11.3 Å². The van der Waals surface area contributed by atoms with Crippen molar-refractivity contribution < 1.29 is 4.79 Å². The molecule has 0 bridgehead atoms. The number of fused-ring (bicyclic) bond motifs is 2. The van der Waals surface area contributed by atoms with Gasteiger partial charge in [-0.2, -0.15) is 10.2 Å². The normalized spacial score (nSPS) is 14.0. The maximum Gasteiger partial charge on any atom is 0.237 e. The van der Waals surface area contributed by atoms with Crippen molar-refractivity contribution in [3.63, 3.8) is 0 Å². The molecular weight excluding hydrogens is 476 g/mol. The first kappa shape index (κ1) is 23.9. The summed E-state index contributed by atoms with van der Waals surface area (Å²) in [4.78, 5) is 20.6. The van der Waals surface area contributed by atoms with Crippen LogP contribution in [0.1, 0.15) is 17.7 Å². The molecule has 0 saturated heterocycles. The van der Waals surface area contributed by atoms with E-state index in [0.29, 0.717) is 32.0 Å². The van der Waals surface area contributed by atoms with Gasteiger partial charge in [0.25, 0.3) is 0 Å². The van der Waals surface area contributed by atoms with Crippen molar-refractivity contribution in [2.75, 3.05) is 39.5 Å². The fraction of sp³-hybridized carbons (Fsp3) is 0.241. The molecule has 0 spiro atoms. The van der Waals surface area contributed by atoms with Crippen molar-refractivity contribution >= 4 is 33.7 Å². The molecule has 0 fully saturated rings. The lowest BCUT2D eigenvalue weighted by Gasteiger charge is -2.27. The molecule has 1 amide bonds. The molecule has 6 rings (SSSR count). The molecule has 4 heterocycles. The zero-order chi connectivity index (χ0) is 26.2. The van der Waals surface area contributed by atoms with Gasteiger partial charge in [-0.05, 0) is 49.3 Å². The average molecular weight is 507 g/mol. The van der Waals surface area contributed by atoms with E-state index in [2.05, 4.69) is 58.8 Å². The van der Waals surface area contributed by atoms with Crippen molar-refractivity contribution in [2.45, 2.75) is 13.0 Å². The highest BCUT2D eigenvalue weighted by atomic mass is 16.2.